The lowest BCUT2D eigenvalue weighted by molar-refractivity contribution is -0.271. The number of hydrogen-bond acceptors (Lipinski definition) is 26. The van der Waals surface area contributed by atoms with Gasteiger partial charge in [-0.25, -0.2) is 24.2 Å². The van der Waals surface area contributed by atoms with Crippen LogP contribution in [0.1, 0.15) is 102 Å². The maximum Gasteiger partial charge on any atom is 0.417 e. The van der Waals surface area contributed by atoms with Crippen LogP contribution in [0.3, 0.4) is 0 Å². The number of amides is 4. The first-order chi connectivity index (χ1) is 47.0. The molecule has 0 saturated carbocycles. The number of esters is 1. The second kappa shape index (κ2) is 35.9. The highest BCUT2D eigenvalue weighted by atomic mass is 16.7. The number of hydrogen-bond donors (Lipinski definition) is 5. The van der Waals surface area contributed by atoms with Gasteiger partial charge in [-0.15, -0.1) is 0 Å². The third-order valence-electron chi connectivity index (χ3n) is 16.5. The average molecular weight is 1380 g/mol. The van der Waals surface area contributed by atoms with Crippen LogP contribution in [0, 0.1) is 0 Å². The van der Waals surface area contributed by atoms with Gasteiger partial charge >= 0.3 is 18.2 Å². The van der Waals surface area contributed by atoms with Gasteiger partial charge in [-0.05, 0) is 89.1 Å². The first-order valence-electron chi connectivity index (χ1n) is 32.5. The fourth-order valence-corrected chi connectivity index (χ4v) is 11.6. The summed E-state index contributed by atoms with van der Waals surface area (Å²) in [6.45, 7) is 17.2. The molecule has 5 aliphatic rings. The Morgan fingerprint density at radius 2 is 1.05 bits per heavy atom. The molecule has 5 aliphatic heterocycles. The van der Waals surface area contributed by atoms with Gasteiger partial charge in [0.25, 0.3) is 11.8 Å². The van der Waals surface area contributed by atoms with Gasteiger partial charge in [-0.1, -0.05) is 30.4 Å². The van der Waals surface area contributed by atoms with Gasteiger partial charge in [0.2, 0.25) is 6.29 Å². The first kappa shape index (κ1) is 76.0. The number of rotatable bonds is 35. The number of aliphatic hydroxyl groups is 5. The summed E-state index contributed by atoms with van der Waals surface area (Å²) in [6, 6.07) is 8.21. The molecule has 0 aliphatic carbocycles. The number of carbonyl (C=O) groups is 6. The molecule has 8 rings (SSSR count). The van der Waals surface area contributed by atoms with E-state index in [9.17, 15) is 54.3 Å². The summed E-state index contributed by atoms with van der Waals surface area (Å²) in [6.07, 6.45) is -12.4. The summed E-state index contributed by atoms with van der Waals surface area (Å²) in [5.74, 6) is -1.99. The van der Waals surface area contributed by atoms with Crippen LogP contribution < -0.4 is 33.5 Å². The van der Waals surface area contributed by atoms with Crippen molar-refractivity contribution in [3.63, 3.8) is 0 Å². The molecular weight excluding hydrogens is 1290 g/mol. The van der Waals surface area contributed by atoms with E-state index in [-0.39, 0.29) is 134 Å². The molecule has 540 valence electrons. The average Bonchev–Trinajstić information content (AvgIpc) is 1.59. The molecule has 30 nitrogen and oxygen atoms in total. The van der Waals surface area contributed by atoms with Crippen LogP contribution in [0.25, 0.3) is 0 Å². The van der Waals surface area contributed by atoms with Crippen molar-refractivity contribution >= 4 is 47.1 Å². The van der Waals surface area contributed by atoms with Crippen molar-refractivity contribution in [1.82, 2.24) is 9.80 Å². The van der Waals surface area contributed by atoms with Crippen LogP contribution in [0.15, 0.2) is 66.8 Å². The Balaban J connectivity index is 0.914. The van der Waals surface area contributed by atoms with E-state index in [0.29, 0.717) is 77.7 Å². The zero-order valence-corrected chi connectivity index (χ0v) is 56.5. The van der Waals surface area contributed by atoms with Gasteiger partial charge in [0.05, 0.1) is 141 Å². The second-order valence-corrected chi connectivity index (χ2v) is 24.8. The predicted molar refractivity (Wildman–Crippen MR) is 347 cm³/mol. The van der Waals surface area contributed by atoms with Gasteiger partial charge in [-0.3, -0.25) is 14.4 Å². The number of benzene rings is 3. The summed E-state index contributed by atoms with van der Waals surface area (Å²) >= 11 is 0. The Bertz CT molecular complexity index is 3270. The van der Waals surface area contributed by atoms with E-state index < -0.39 is 103 Å². The first-order valence-corrected chi connectivity index (χ1v) is 32.5. The van der Waals surface area contributed by atoms with E-state index in [1.165, 1.54) is 66.5 Å². The van der Waals surface area contributed by atoms with Crippen LogP contribution in [-0.2, 0) is 58.8 Å². The highest BCUT2D eigenvalue weighted by Crippen LogP contribution is 2.45. The number of anilines is 2. The van der Waals surface area contributed by atoms with Crippen LogP contribution in [-0.4, -0.2) is 259 Å². The summed E-state index contributed by atoms with van der Waals surface area (Å²) in [7, 11) is 5.44. The second-order valence-electron chi connectivity index (χ2n) is 24.8. The lowest BCUT2D eigenvalue weighted by Crippen LogP contribution is -2.61. The minimum atomic E-state index is -1.93. The number of unbranched alkanes of at least 4 members (excludes halogenated alkanes) is 2. The molecule has 0 radical (unpaired) electrons. The topological polar surface area (TPSA) is 355 Å². The fraction of sp³-hybridized carbons (Fsp3) is 0.588. The molecule has 98 heavy (non-hydrogen) atoms. The highest BCUT2D eigenvalue weighted by molar-refractivity contribution is 6.07. The number of nitrogens with zero attached hydrogens (tertiary/aromatic N) is 4. The Morgan fingerprint density at radius 1 is 0.561 bits per heavy atom. The quantitative estimate of drug-likeness (QED) is 0.0178. The van der Waals surface area contributed by atoms with Crippen molar-refractivity contribution in [2.75, 3.05) is 137 Å². The van der Waals surface area contributed by atoms with Crippen LogP contribution >= 0.6 is 0 Å². The molecule has 4 amide bonds. The van der Waals surface area contributed by atoms with Crippen molar-refractivity contribution in [3.05, 3.63) is 89.0 Å². The minimum Gasteiger partial charge on any atom is -0.493 e. The zero-order valence-electron chi connectivity index (χ0n) is 56.5. The molecule has 3 aromatic rings. The molecule has 30 heteroatoms. The summed E-state index contributed by atoms with van der Waals surface area (Å²) in [5, 5.41) is 56.0. The fourth-order valence-electron chi connectivity index (χ4n) is 11.6. The summed E-state index contributed by atoms with van der Waals surface area (Å²) < 4.78 is 84.3. The summed E-state index contributed by atoms with van der Waals surface area (Å²) in [5.41, 5.74) is 0.686. The van der Waals surface area contributed by atoms with Gasteiger partial charge < -0.3 is 106 Å². The van der Waals surface area contributed by atoms with Crippen molar-refractivity contribution in [3.8, 4) is 28.7 Å². The van der Waals surface area contributed by atoms with E-state index in [4.69, 9.17) is 71.1 Å². The van der Waals surface area contributed by atoms with E-state index in [2.05, 4.69) is 13.2 Å². The molecule has 3 saturated heterocycles. The third kappa shape index (κ3) is 19.2. The minimum absolute atomic E-state index is 0.0171. The normalized spacial score (nSPS) is 22.1. The van der Waals surface area contributed by atoms with Crippen LogP contribution in [0.5, 0.6) is 28.7 Å². The zero-order chi connectivity index (χ0) is 70.8. The van der Waals surface area contributed by atoms with E-state index >= 15 is 0 Å². The van der Waals surface area contributed by atoms with Gasteiger partial charge in [0, 0.05) is 45.4 Å². The Labute approximate surface area is 568 Å². The van der Waals surface area contributed by atoms with Gasteiger partial charge in [0.1, 0.15) is 36.3 Å². The van der Waals surface area contributed by atoms with Crippen molar-refractivity contribution < 1.29 is 125 Å². The summed E-state index contributed by atoms with van der Waals surface area (Å²) in [4.78, 5) is 88.5. The number of ketones is 1. The number of Topliss-reactive ketones (excluding diaryl/α,β-unsaturated/α-hetero) is 1. The molecule has 3 aromatic carbocycles. The van der Waals surface area contributed by atoms with Gasteiger partial charge in [0.15, 0.2) is 47.3 Å². The number of carbonyl (C=O) groups excluding carboxylic acids is 6. The molecule has 2 unspecified atom stereocenters. The Kier molecular flexibility index (Phi) is 27.8. The monoisotopic (exact) mass is 1380 g/mol. The number of aliphatic hydroxyl groups excluding tert-OH is 5. The molecule has 0 aromatic heterocycles. The smallest absolute Gasteiger partial charge is 0.417 e. The molecular formula is C68H92N4O26. The van der Waals surface area contributed by atoms with E-state index in [0.717, 1.165) is 22.5 Å². The standard InChI is InChI=1S/C68H92N4O26/c1-40-30-48-62(79)71(66(82)95-39-42-15-16-51(96-65-58(76)56(74)57(75)59(97-65)64(81)87-9)45(32-42)50(73)14-13-17-88-22-23-90-26-27-92-29-28-91-25-24-89-21-20-84-6)46-35-54(52(85-7)33-43(46)60(77)69(48)37-40)93-18-11-10-12-19-94-55-36-47-44(34-53(55)86-8)61(78)70-38-41(2)31-49(70)63(80)72(47)67(83)98-68(3,4)5/h15-16,32-36,48-49,56-59,62-63,65,74-76,79-80H,1-2,10-14,17-31,37-39H2,3-9H3/t48-,49-,56-,57-,58+,59-,62?,63?,65+/m0/s1. The molecule has 3 fully saturated rings. The molecule has 5 heterocycles. The van der Waals surface area contributed by atoms with Crippen LogP contribution in [0.4, 0.5) is 21.0 Å². The number of ether oxygens (including phenoxy) is 15. The van der Waals surface area contributed by atoms with E-state index in [1.54, 1.807) is 27.9 Å². The van der Waals surface area contributed by atoms with Crippen LogP contribution in [0.2, 0.25) is 0 Å². The molecule has 9 atom stereocenters. The van der Waals surface area contributed by atoms with E-state index in [1.807, 2.05) is 0 Å². The maximum absolute atomic E-state index is 14.6. The molecule has 5 N–H and O–H groups in total. The highest BCUT2D eigenvalue weighted by Gasteiger charge is 2.51. The lowest BCUT2D eigenvalue weighted by Gasteiger charge is -2.39. The third-order valence-corrected chi connectivity index (χ3v) is 16.5. The van der Waals surface area contributed by atoms with Crippen molar-refractivity contribution in [2.24, 2.45) is 0 Å². The maximum atomic E-state index is 14.6. The molecule has 0 bridgehead atoms. The molecule has 0 spiro atoms. The SMILES string of the molecule is C=C1C[C@H]2C(O)N(C(=O)OCc3ccc(O[C@@H]4O[C@H](C(=O)OC)[C@@H](O)[C@H](O)[C@H]4O)c(C(=O)CCCOCCOCCOCCOCCOCCOC)c3)c3cc(OCCCCCOc4cc5c(cc4OC)C(=O)N4CC(=C)C[C@H]4C(O)N5C(=O)OC(C)(C)C)c(OC)cc3C(=O)N2C1. The predicted octanol–water partition coefficient (Wildman–Crippen LogP) is 4.47. The Hall–Kier alpha value is -7.72. The van der Waals surface area contributed by atoms with Crippen molar-refractivity contribution in [2.45, 2.75) is 133 Å². The lowest BCUT2D eigenvalue weighted by atomic mass is 9.98. The number of fused-ring (bicyclic) bond motifs is 4. The van der Waals surface area contributed by atoms with Crippen molar-refractivity contribution in [1.29, 1.82) is 0 Å². The Morgan fingerprint density at radius 3 is 1.53 bits per heavy atom. The number of methoxy groups -OCH3 is 4. The largest absolute Gasteiger partial charge is 0.493 e. The van der Waals surface area contributed by atoms with Gasteiger partial charge in [-0.2, -0.15) is 0 Å².